The molecule has 0 radical (unpaired) electrons. The van der Waals surface area contributed by atoms with E-state index in [4.69, 9.17) is 0 Å². The minimum atomic E-state index is -3.51. The highest BCUT2D eigenvalue weighted by atomic mass is 35.5. The Labute approximate surface area is 155 Å². The molecule has 0 aliphatic carbocycles. The van der Waals surface area contributed by atoms with Crippen LogP contribution in [-0.2, 0) is 17.1 Å². The van der Waals surface area contributed by atoms with Gasteiger partial charge in [0.25, 0.3) is 0 Å². The summed E-state index contributed by atoms with van der Waals surface area (Å²) < 4.78 is 30.4. The molecule has 4 rings (SSSR count). The van der Waals surface area contributed by atoms with E-state index in [1.807, 2.05) is 42.8 Å². The second-order valence-electron chi connectivity index (χ2n) is 7.28. The first kappa shape index (κ1) is 18.7. The summed E-state index contributed by atoms with van der Waals surface area (Å²) in [6, 6.07) is 8.78. The first-order chi connectivity index (χ1) is 11.4. The van der Waals surface area contributed by atoms with E-state index in [0.29, 0.717) is 17.0 Å². The van der Waals surface area contributed by atoms with Crippen molar-refractivity contribution in [3.05, 3.63) is 30.0 Å². The molecule has 0 amide bonds. The van der Waals surface area contributed by atoms with Gasteiger partial charge in [0.15, 0.2) is 0 Å². The van der Waals surface area contributed by atoms with E-state index in [-0.39, 0.29) is 18.4 Å². The van der Waals surface area contributed by atoms with Gasteiger partial charge in [-0.25, -0.2) is 8.42 Å². The fraction of sp³-hybridized carbons (Fsp3) is 0.556. The van der Waals surface area contributed by atoms with E-state index in [1.165, 1.54) is 12.8 Å². The van der Waals surface area contributed by atoms with Crippen LogP contribution in [0, 0.1) is 6.92 Å². The predicted octanol–water partition coefficient (Wildman–Crippen LogP) is 2.81. The number of nitrogens with zero attached hydrogens (tertiary/aromatic N) is 2. The maximum Gasteiger partial charge on any atom is 0.245 e. The predicted molar refractivity (Wildman–Crippen MR) is 103 cm³/mol. The van der Waals surface area contributed by atoms with Crippen LogP contribution in [0.1, 0.15) is 31.4 Å². The van der Waals surface area contributed by atoms with Crippen molar-refractivity contribution in [3.63, 3.8) is 0 Å². The van der Waals surface area contributed by atoms with Crippen molar-refractivity contribution in [3.8, 4) is 0 Å². The topological polar surface area (TPSA) is 54.3 Å². The van der Waals surface area contributed by atoms with E-state index in [9.17, 15) is 8.42 Å². The van der Waals surface area contributed by atoms with Gasteiger partial charge in [-0.05, 0) is 38.7 Å². The van der Waals surface area contributed by atoms with Crippen LogP contribution in [0.3, 0.4) is 0 Å². The number of fused-ring (bicyclic) bond motifs is 3. The molecule has 0 saturated carbocycles. The lowest BCUT2D eigenvalue weighted by Crippen LogP contribution is -2.48. The molecule has 2 aliphatic rings. The van der Waals surface area contributed by atoms with Crippen molar-refractivity contribution < 1.29 is 8.42 Å². The number of hydrogen-bond acceptors (Lipinski definition) is 3. The maximum absolute atomic E-state index is 13.4. The molecule has 5 nitrogen and oxygen atoms in total. The number of aromatic nitrogens is 1. The fourth-order valence-electron chi connectivity index (χ4n) is 4.48. The number of aryl methyl sites for hydroxylation is 1. The Morgan fingerprint density at radius 1 is 1.16 bits per heavy atom. The molecule has 2 saturated heterocycles. The van der Waals surface area contributed by atoms with E-state index < -0.39 is 10.0 Å². The van der Waals surface area contributed by atoms with Gasteiger partial charge in [-0.1, -0.05) is 18.2 Å². The minimum Gasteiger partial charge on any atom is -0.347 e. The van der Waals surface area contributed by atoms with Gasteiger partial charge in [0, 0.05) is 48.8 Å². The molecule has 1 N–H and O–H groups in total. The fourth-order valence-corrected chi connectivity index (χ4v) is 6.29. The molecule has 138 valence electrons. The van der Waals surface area contributed by atoms with Crippen molar-refractivity contribution in [1.82, 2.24) is 14.2 Å². The van der Waals surface area contributed by atoms with Gasteiger partial charge in [-0.2, -0.15) is 4.31 Å². The van der Waals surface area contributed by atoms with Crippen molar-refractivity contribution in [2.75, 3.05) is 7.05 Å². The van der Waals surface area contributed by atoms with Crippen LogP contribution in [-0.4, -0.2) is 42.5 Å². The van der Waals surface area contributed by atoms with Crippen molar-refractivity contribution >= 4 is 33.3 Å². The third-order valence-electron chi connectivity index (χ3n) is 5.94. The smallest absolute Gasteiger partial charge is 0.245 e. The summed E-state index contributed by atoms with van der Waals surface area (Å²) in [6.07, 6.45) is 4.16. The number of rotatable bonds is 3. The molecule has 2 atom stereocenters. The highest BCUT2D eigenvalue weighted by Crippen LogP contribution is 2.35. The highest BCUT2D eigenvalue weighted by molar-refractivity contribution is 7.89. The normalized spacial score (nSPS) is 26.2. The van der Waals surface area contributed by atoms with E-state index >= 15 is 0 Å². The largest absolute Gasteiger partial charge is 0.347 e. The molecule has 2 aliphatic heterocycles. The van der Waals surface area contributed by atoms with Crippen molar-refractivity contribution in [2.24, 2.45) is 7.05 Å². The zero-order valence-corrected chi connectivity index (χ0v) is 16.5. The molecule has 2 fully saturated rings. The standard InChI is InChI=1S/C18H25N3O2S.ClH/c1-12-18(16-6-4-5-7-17(16)20(12)2)24(22,23)21(3)15-10-13-8-9-14(11-15)19-13;/h4-7,13-15,19H,8-11H2,1-3H3;1H. The van der Waals surface area contributed by atoms with Crippen molar-refractivity contribution in [2.45, 2.75) is 55.6 Å². The van der Waals surface area contributed by atoms with Crippen LogP contribution in [0.15, 0.2) is 29.2 Å². The van der Waals surface area contributed by atoms with Gasteiger partial charge < -0.3 is 9.88 Å². The third-order valence-corrected chi connectivity index (χ3v) is 8.03. The van der Waals surface area contributed by atoms with Gasteiger partial charge in [-0.15, -0.1) is 12.4 Å². The highest BCUT2D eigenvalue weighted by Gasteiger charge is 2.40. The van der Waals surface area contributed by atoms with E-state index in [2.05, 4.69) is 5.32 Å². The average molecular weight is 384 g/mol. The third kappa shape index (κ3) is 2.89. The number of benzene rings is 1. The number of sulfonamides is 1. The molecule has 0 spiro atoms. The Kier molecular flexibility index (Phi) is 4.92. The summed E-state index contributed by atoms with van der Waals surface area (Å²) in [5, 5.41) is 4.41. The zero-order chi connectivity index (χ0) is 17.1. The molecule has 1 aromatic carbocycles. The molecule has 25 heavy (non-hydrogen) atoms. The van der Waals surface area contributed by atoms with Gasteiger partial charge in [-0.3, -0.25) is 0 Å². The lowest BCUT2D eigenvalue weighted by Gasteiger charge is -2.34. The second-order valence-corrected chi connectivity index (χ2v) is 9.21. The maximum atomic E-state index is 13.4. The number of halogens is 1. The van der Waals surface area contributed by atoms with Gasteiger partial charge in [0.1, 0.15) is 4.90 Å². The van der Waals surface area contributed by atoms with Crippen LogP contribution >= 0.6 is 12.4 Å². The summed E-state index contributed by atoms with van der Waals surface area (Å²) in [4.78, 5) is 0.467. The zero-order valence-electron chi connectivity index (χ0n) is 14.9. The minimum absolute atomic E-state index is 0. The first-order valence-corrected chi connectivity index (χ1v) is 10.1. The number of para-hydroxylation sites is 1. The second kappa shape index (κ2) is 6.58. The lowest BCUT2D eigenvalue weighted by atomic mass is 10.0. The van der Waals surface area contributed by atoms with Crippen LogP contribution in [0.4, 0.5) is 0 Å². The average Bonchev–Trinajstić information content (AvgIpc) is 3.04. The first-order valence-electron chi connectivity index (χ1n) is 8.67. The van der Waals surface area contributed by atoms with Crippen LogP contribution in [0.5, 0.6) is 0 Å². The molecular formula is C18H26ClN3O2S. The van der Waals surface area contributed by atoms with Gasteiger partial charge >= 0.3 is 0 Å². The molecule has 2 unspecified atom stereocenters. The Hall–Kier alpha value is -1.08. The van der Waals surface area contributed by atoms with Gasteiger partial charge in [0.05, 0.1) is 0 Å². The Balaban J connectivity index is 0.00000182. The number of hydrogen-bond donors (Lipinski definition) is 1. The summed E-state index contributed by atoms with van der Waals surface area (Å²) in [5.74, 6) is 0. The molecule has 7 heteroatoms. The quantitative estimate of drug-likeness (QED) is 0.886. The molecular weight excluding hydrogens is 358 g/mol. The summed E-state index contributed by atoms with van der Waals surface area (Å²) in [7, 11) is 0.179. The number of piperidine rings is 1. The number of nitrogens with one attached hydrogen (secondary N) is 1. The molecule has 2 aromatic rings. The lowest BCUT2D eigenvalue weighted by molar-refractivity contribution is 0.251. The summed E-state index contributed by atoms with van der Waals surface area (Å²) >= 11 is 0. The van der Waals surface area contributed by atoms with Crippen LogP contribution in [0.25, 0.3) is 10.9 Å². The van der Waals surface area contributed by atoms with Gasteiger partial charge in [0.2, 0.25) is 10.0 Å². The Morgan fingerprint density at radius 3 is 2.40 bits per heavy atom. The molecule has 2 bridgehead atoms. The Morgan fingerprint density at radius 2 is 1.76 bits per heavy atom. The Bertz CT molecular complexity index is 881. The summed E-state index contributed by atoms with van der Waals surface area (Å²) in [6.45, 7) is 1.90. The molecule has 1 aromatic heterocycles. The van der Waals surface area contributed by atoms with Crippen LogP contribution < -0.4 is 5.32 Å². The van der Waals surface area contributed by atoms with Crippen LogP contribution in [0.2, 0.25) is 0 Å². The molecule has 3 heterocycles. The summed E-state index contributed by atoms with van der Waals surface area (Å²) in [5.41, 5.74) is 1.77. The monoisotopic (exact) mass is 383 g/mol. The van der Waals surface area contributed by atoms with Crippen molar-refractivity contribution in [1.29, 1.82) is 0 Å². The SMILES string of the molecule is Cc1c(S(=O)(=O)N(C)C2CC3CCC(C2)N3)c2ccccc2n1C.Cl. The van der Waals surface area contributed by atoms with E-state index in [1.54, 1.807) is 11.4 Å². The van der Waals surface area contributed by atoms with E-state index in [0.717, 1.165) is 29.4 Å².